The average molecular weight is 419 g/mol. The number of ether oxygens (including phenoxy) is 1. The van der Waals surface area contributed by atoms with Crippen LogP contribution >= 0.6 is 11.3 Å². The Morgan fingerprint density at radius 1 is 1.28 bits per heavy atom. The lowest BCUT2D eigenvalue weighted by Gasteiger charge is -2.25. The van der Waals surface area contributed by atoms with E-state index in [1.54, 1.807) is 40.5 Å². The second kappa shape index (κ2) is 8.79. The Balaban J connectivity index is 1.51. The summed E-state index contributed by atoms with van der Waals surface area (Å²) >= 11 is 1.60. The standard InChI is InChI=1S/C20H19F2N3O3S/c21-17(22)19-23-18(24-28-19)13-5-7-14(8-6-13)20(26)25(11-15-3-1-9-27-15)12-16-4-2-10-29-16/h2,4-8,10,15,17H,1,3,9,11-12H2/t15-/m0/s1. The van der Waals surface area contributed by atoms with Crippen molar-refractivity contribution < 1.29 is 22.8 Å². The van der Waals surface area contributed by atoms with Crippen molar-refractivity contribution in [1.29, 1.82) is 0 Å². The van der Waals surface area contributed by atoms with Crippen LogP contribution in [0.25, 0.3) is 11.4 Å². The van der Waals surface area contributed by atoms with Crippen LogP contribution in [-0.2, 0) is 11.3 Å². The molecule has 1 aliphatic heterocycles. The van der Waals surface area contributed by atoms with Crippen molar-refractivity contribution in [1.82, 2.24) is 15.0 Å². The van der Waals surface area contributed by atoms with E-state index in [9.17, 15) is 13.6 Å². The summed E-state index contributed by atoms with van der Waals surface area (Å²) in [5, 5.41) is 5.54. The Labute approximate surface area is 170 Å². The number of amides is 1. The molecule has 3 aromatic rings. The van der Waals surface area contributed by atoms with E-state index in [2.05, 4.69) is 14.7 Å². The lowest BCUT2D eigenvalue weighted by atomic mass is 10.1. The predicted molar refractivity (Wildman–Crippen MR) is 103 cm³/mol. The van der Waals surface area contributed by atoms with Crippen molar-refractivity contribution in [2.45, 2.75) is 31.9 Å². The molecule has 1 amide bonds. The van der Waals surface area contributed by atoms with Crippen molar-refractivity contribution in [3.63, 3.8) is 0 Å². The first-order valence-electron chi connectivity index (χ1n) is 9.25. The summed E-state index contributed by atoms with van der Waals surface area (Å²) in [6.45, 7) is 1.77. The molecule has 0 unspecified atom stereocenters. The zero-order valence-electron chi connectivity index (χ0n) is 15.5. The lowest BCUT2D eigenvalue weighted by molar-refractivity contribution is 0.0509. The molecule has 4 rings (SSSR count). The fourth-order valence-electron chi connectivity index (χ4n) is 3.23. The molecule has 3 heterocycles. The molecular weight excluding hydrogens is 400 g/mol. The van der Waals surface area contributed by atoms with Gasteiger partial charge in [0.2, 0.25) is 5.82 Å². The second-order valence-electron chi connectivity index (χ2n) is 6.73. The summed E-state index contributed by atoms with van der Waals surface area (Å²) in [6.07, 6.45) is -0.825. The molecule has 0 saturated carbocycles. The van der Waals surface area contributed by atoms with Crippen LogP contribution in [0.1, 0.15) is 40.4 Å². The first kappa shape index (κ1) is 19.7. The summed E-state index contributed by atoms with van der Waals surface area (Å²) in [7, 11) is 0. The molecule has 1 aromatic carbocycles. The van der Waals surface area contributed by atoms with Crippen molar-refractivity contribution in [3.05, 3.63) is 58.1 Å². The van der Waals surface area contributed by atoms with Crippen LogP contribution in [-0.4, -0.2) is 40.2 Å². The second-order valence-corrected chi connectivity index (χ2v) is 7.77. The number of carbonyl (C=O) groups is 1. The van der Waals surface area contributed by atoms with Gasteiger partial charge in [0.15, 0.2) is 0 Å². The molecule has 0 radical (unpaired) electrons. The molecule has 0 N–H and O–H groups in total. The number of halogens is 2. The number of carbonyl (C=O) groups excluding carboxylic acids is 1. The van der Waals surface area contributed by atoms with E-state index in [4.69, 9.17) is 4.74 Å². The average Bonchev–Trinajstić information content (AvgIpc) is 3.49. The Morgan fingerprint density at radius 2 is 2.10 bits per heavy atom. The number of benzene rings is 1. The third kappa shape index (κ3) is 4.68. The largest absolute Gasteiger partial charge is 0.376 e. The molecule has 9 heteroatoms. The van der Waals surface area contributed by atoms with Gasteiger partial charge < -0.3 is 14.2 Å². The third-order valence-electron chi connectivity index (χ3n) is 4.68. The smallest absolute Gasteiger partial charge is 0.315 e. The SMILES string of the molecule is O=C(c1ccc(-c2noc(C(F)F)n2)cc1)N(Cc1cccs1)C[C@@H]1CCCO1. The van der Waals surface area contributed by atoms with E-state index in [1.165, 1.54) is 0 Å². The van der Waals surface area contributed by atoms with Gasteiger partial charge in [-0.25, -0.2) is 0 Å². The number of nitrogens with zero attached hydrogens (tertiary/aromatic N) is 3. The van der Waals surface area contributed by atoms with Crippen LogP contribution < -0.4 is 0 Å². The van der Waals surface area contributed by atoms with E-state index < -0.39 is 12.3 Å². The van der Waals surface area contributed by atoms with Crippen LogP contribution in [0.4, 0.5) is 8.78 Å². The van der Waals surface area contributed by atoms with Crippen LogP contribution in [0.3, 0.4) is 0 Å². The summed E-state index contributed by atoms with van der Waals surface area (Å²) < 4.78 is 35.5. The van der Waals surface area contributed by atoms with Crippen molar-refractivity contribution in [2.75, 3.05) is 13.2 Å². The number of thiophene rings is 1. The van der Waals surface area contributed by atoms with E-state index >= 15 is 0 Å². The first-order chi connectivity index (χ1) is 14.1. The van der Waals surface area contributed by atoms with Gasteiger partial charge in [0.1, 0.15) is 0 Å². The van der Waals surface area contributed by atoms with E-state index in [0.29, 0.717) is 24.2 Å². The molecule has 0 aliphatic carbocycles. The van der Waals surface area contributed by atoms with Crippen LogP contribution in [0.15, 0.2) is 46.3 Å². The topological polar surface area (TPSA) is 68.5 Å². The third-order valence-corrected chi connectivity index (χ3v) is 5.54. The molecule has 2 aromatic heterocycles. The van der Waals surface area contributed by atoms with Gasteiger partial charge >= 0.3 is 6.43 Å². The highest BCUT2D eigenvalue weighted by molar-refractivity contribution is 7.09. The Bertz CT molecular complexity index is 938. The van der Waals surface area contributed by atoms with Crippen molar-refractivity contribution in [2.24, 2.45) is 0 Å². The Morgan fingerprint density at radius 3 is 2.72 bits per heavy atom. The van der Waals surface area contributed by atoms with E-state index in [0.717, 1.165) is 24.3 Å². The number of aromatic nitrogens is 2. The molecule has 1 aliphatic rings. The molecular formula is C20H19F2N3O3S. The summed E-state index contributed by atoms with van der Waals surface area (Å²) in [5.74, 6) is -0.769. The minimum Gasteiger partial charge on any atom is -0.376 e. The highest BCUT2D eigenvalue weighted by Crippen LogP contribution is 2.23. The van der Waals surface area contributed by atoms with Crippen LogP contribution in [0.2, 0.25) is 0 Å². The minimum absolute atomic E-state index is 0.0466. The summed E-state index contributed by atoms with van der Waals surface area (Å²) in [4.78, 5) is 19.7. The van der Waals surface area contributed by atoms with E-state index in [-0.39, 0.29) is 17.8 Å². The zero-order valence-corrected chi connectivity index (χ0v) is 16.3. The fourth-order valence-corrected chi connectivity index (χ4v) is 3.95. The van der Waals surface area contributed by atoms with E-state index in [1.807, 2.05) is 17.5 Å². The maximum Gasteiger partial charge on any atom is 0.315 e. The van der Waals surface area contributed by atoms with Crippen molar-refractivity contribution >= 4 is 17.2 Å². The fraction of sp³-hybridized carbons (Fsp3) is 0.350. The number of alkyl halides is 2. The van der Waals surface area contributed by atoms with Crippen LogP contribution in [0.5, 0.6) is 0 Å². The summed E-state index contributed by atoms with van der Waals surface area (Å²) in [5.41, 5.74) is 1.00. The molecule has 1 saturated heterocycles. The van der Waals surface area contributed by atoms with Gasteiger partial charge in [-0.05, 0) is 36.4 Å². The maximum absolute atomic E-state index is 13.1. The first-order valence-corrected chi connectivity index (χ1v) is 10.1. The number of hydrogen-bond donors (Lipinski definition) is 0. The molecule has 0 spiro atoms. The maximum atomic E-state index is 13.1. The summed E-state index contributed by atoms with van der Waals surface area (Å²) in [6, 6.07) is 10.5. The molecule has 6 nitrogen and oxygen atoms in total. The highest BCUT2D eigenvalue weighted by Gasteiger charge is 2.24. The van der Waals surface area contributed by atoms with Gasteiger partial charge in [-0.3, -0.25) is 4.79 Å². The van der Waals surface area contributed by atoms with Crippen LogP contribution in [0, 0.1) is 0 Å². The molecule has 1 fully saturated rings. The van der Waals surface area contributed by atoms with Crippen molar-refractivity contribution in [3.8, 4) is 11.4 Å². The molecule has 0 bridgehead atoms. The van der Waals surface area contributed by atoms with Gasteiger partial charge in [-0.1, -0.05) is 23.4 Å². The van der Waals surface area contributed by atoms with Gasteiger partial charge in [-0.15, -0.1) is 11.3 Å². The minimum atomic E-state index is -2.82. The number of rotatable bonds is 7. The normalized spacial score (nSPS) is 16.4. The Hall–Kier alpha value is -2.65. The van der Waals surface area contributed by atoms with Gasteiger partial charge in [0.25, 0.3) is 11.8 Å². The van der Waals surface area contributed by atoms with Gasteiger partial charge in [0, 0.05) is 29.2 Å². The van der Waals surface area contributed by atoms with Gasteiger partial charge in [0.05, 0.1) is 12.6 Å². The Kier molecular flexibility index (Phi) is 5.96. The quantitative estimate of drug-likeness (QED) is 0.562. The number of hydrogen-bond acceptors (Lipinski definition) is 6. The highest BCUT2D eigenvalue weighted by atomic mass is 32.1. The predicted octanol–water partition coefficient (Wildman–Crippen LogP) is 4.56. The molecule has 1 atom stereocenters. The lowest BCUT2D eigenvalue weighted by Crippen LogP contribution is -2.36. The molecule has 29 heavy (non-hydrogen) atoms. The zero-order chi connectivity index (χ0) is 20.2. The molecule has 152 valence electrons. The monoisotopic (exact) mass is 419 g/mol. The van der Waals surface area contributed by atoms with Gasteiger partial charge in [-0.2, -0.15) is 13.8 Å².